The number of nitrogens with two attached hydrogens (primary N) is 1. The first kappa shape index (κ1) is 15.1. The molecule has 1 aromatic carbocycles. The molecule has 0 radical (unpaired) electrons. The van der Waals surface area contributed by atoms with E-state index in [0.717, 1.165) is 5.56 Å². The minimum Gasteiger partial charge on any atom is -0.392 e. The van der Waals surface area contributed by atoms with Crippen LogP contribution < -0.4 is 5.73 Å². The largest absolute Gasteiger partial charge is 0.392 e. The first-order chi connectivity index (χ1) is 8.91. The van der Waals surface area contributed by atoms with Gasteiger partial charge in [-0.25, -0.2) is 0 Å². The van der Waals surface area contributed by atoms with Gasteiger partial charge in [0.25, 0.3) is 5.69 Å². The van der Waals surface area contributed by atoms with E-state index in [1.165, 1.54) is 24.8 Å². The van der Waals surface area contributed by atoms with Gasteiger partial charge >= 0.3 is 0 Å². The Morgan fingerprint density at radius 1 is 1.53 bits per heavy atom. The van der Waals surface area contributed by atoms with Crippen molar-refractivity contribution in [3.8, 4) is 11.8 Å². The molecule has 6 heteroatoms. The molecular formula is C13H14N2O3S. The molecule has 0 heterocycles. The summed E-state index contributed by atoms with van der Waals surface area (Å²) in [6, 6.07) is 3.14. The van der Waals surface area contributed by atoms with Crippen molar-refractivity contribution in [3.63, 3.8) is 0 Å². The predicted octanol–water partition coefficient (Wildman–Crippen LogP) is 2.51. The summed E-state index contributed by atoms with van der Waals surface area (Å²) >= 11 is 1.20. The van der Waals surface area contributed by atoms with E-state index >= 15 is 0 Å². The van der Waals surface area contributed by atoms with Gasteiger partial charge in [-0.1, -0.05) is 23.6 Å². The second-order valence-electron chi connectivity index (χ2n) is 3.89. The number of benzene rings is 1. The number of nitro groups is 1. The third-order valence-electron chi connectivity index (χ3n) is 2.25. The number of nitro benzene ring substituents is 1. The Bertz CT molecular complexity index is 573. The van der Waals surface area contributed by atoms with Crippen LogP contribution in [0.2, 0.25) is 0 Å². The van der Waals surface area contributed by atoms with E-state index < -0.39 is 4.92 Å². The zero-order valence-electron chi connectivity index (χ0n) is 10.7. The van der Waals surface area contributed by atoms with E-state index in [1.807, 2.05) is 0 Å². The molecular weight excluding hydrogens is 264 g/mol. The number of thioether (sulfide) groups is 1. The minimum absolute atomic E-state index is 0.0486. The van der Waals surface area contributed by atoms with Crippen LogP contribution in [-0.4, -0.2) is 15.8 Å². The van der Waals surface area contributed by atoms with Crippen LogP contribution >= 0.6 is 11.8 Å². The molecule has 0 fully saturated rings. The first-order valence-corrected chi connectivity index (χ1v) is 6.57. The lowest BCUT2D eigenvalue weighted by Gasteiger charge is -2.02. The quantitative estimate of drug-likeness (QED) is 0.302. The van der Waals surface area contributed by atoms with Crippen LogP contribution in [0.3, 0.4) is 0 Å². The maximum atomic E-state index is 10.8. The Labute approximate surface area is 115 Å². The normalized spacial score (nSPS) is 9.58. The Morgan fingerprint density at radius 2 is 2.21 bits per heavy atom. The summed E-state index contributed by atoms with van der Waals surface area (Å²) in [6.07, 6.45) is 0.533. The summed E-state index contributed by atoms with van der Waals surface area (Å²) in [6.45, 7) is 3.25. The maximum absolute atomic E-state index is 10.8. The highest BCUT2D eigenvalue weighted by molar-refractivity contribution is 8.13. The molecule has 0 atom stereocenters. The Morgan fingerprint density at radius 3 is 2.79 bits per heavy atom. The van der Waals surface area contributed by atoms with Crippen molar-refractivity contribution in [3.05, 3.63) is 33.4 Å². The molecule has 0 aromatic heterocycles. The van der Waals surface area contributed by atoms with Gasteiger partial charge in [0.1, 0.15) is 5.69 Å². The molecule has 0 spiro atoms. The van der Waals surface area contributed by atoms with Crippen LogP contribution in [0.25, 0.3) is 0 Å². The van der Waals surface area contributed by atoms with Gasteiger partial charge in [-0.2, -0.15) is 0 Å². The van der Waals surface area contributed by atoms with E-state index in [1.54, 1.807) is 13.0 Å². The lowest BCUT2D eigenvalue weighted by molar-refractivity contribution is -0.384. The van der Waals surface area contributed by atoms with E-state index in [4.69, 9.17) is 5.73 Å². The lowest BCUT2D eigenvalue weighted by atomic mass is 10.1. The van der Waals surface area contributed by atoms with Crippen LogP contribution in [0.1, 0.15) is 24.5 Å². The van der Waals surface area contributed by atoms with Crippen molar-refractivity contribution in [2.45, 2.75) is 20.3 Å². The summed E-state index contributed by atoms with van der Waals surface area (Å²) in [4.78, 5) is 21.0. The molecule has 0 saturated heterocycles. The van der Waals surface area contributed by atoms with Gasteiger partial charge in [-0.05, 0) is 18.6 Å². The lowest BCUT2D eigenvalue weighted by Crippen LogP contribution is -1.99. The molecule has 0 amide bonds. The maximum Gasteiger partial charge on any atom is 0.293 e. The molecule has 0 unspecified atom stereocenters. The van der Waals surface area contributed by atoms with Crippen molar-refractivity contribution in [2.75, 3.05) is 11.5 Å². The number of hydrogen-bond donors (Lipinski definition) is 1. The average molecular weight is 278 g/mol. The van der Waals surface area contributed by atoms with Gasteiger partial charge in [0, 0.05) is 25.2 Å². The standard InChI is InChI=1S/C13H14N2O3S/c1-9-7-11(5-3-4-6-19-10(2)16)13(14)12(8-9)15(17)18/h7-8H,4,6,14H2,1-2H3. The van der Waals surface area contributed by atoms with Crippen LogP contribution in [-0.2, 0) is 4.79 Å². The molecule has 100 valence electrons. The fourth-order valence-corrected chi connectivity index (χ4v) is 1.93. The highest BCUT2D eigenvalue weighted by Crippen LogP contribution is 2.26. The second-order valence-corrected chi connectivity index (χ2v) is 5.17. The zero-order valence-corrected chi connectivity index (χ0v) is 11.5. The number of carbonyl (C=O) groups is 1. The number of hydrogen-bond acceptors (Lipinski definition) is 5. The number of anilines is 1. The molecule has 1 aromatic rings. The van der Waals surface area contributed by atoms with Crippen molar-refractivity contribution < 1.29 is 9.72 Å². The second kappa shape index (κ2) is 6.81. The van der Waals surface area contributed by atoms with Crippen molar-refractivity contribution in [1.29, 1.82) is 0 Å². The molecule has 0 aliphatic rings. The van der Waals surface area contributed by atoms with Crippen molar-refractivity contribution >= 4 is 28.3 Å². The Kier molecular flexibility index (Phi) is 5.39. The smallest absolute Gasteiger partial charge is 0.293 e. The average Bonchev–Trinajstić information content (AvgIpc) is 2.31. The number of nitrogen functional groups attached to an aromatic ring is 1. The van der Waals surface area contributed by atoms with E-state index in [-0.39, 0.29) is 16.5 Å². The zero-order chi connectivity index (χ0) is 14.4. The monoisotopic (exact) mass is 278 g/mol. The topological polar surface area (TPSA) is 86.2 Å². The predicted molar refractivity (Wildman–Crippen MR) is 76.9 cm³/mol. The summed E-state index contributed by atoms with van der Waals surface area (Å²) in [5.74, 6) is 6.29. The molecule has 19 heavy (non-hydrogen) atoms. The van der Waals surface area contributed by atoms with Gasteiger partial charge in [0.15, 0.2) is 5.12 Å². The fourth-order valence-electron chi connectivity index (χ4n) is 1.44. The number of carbonyl (C=O) groups excluding carboxylic acids is 1. The van der Waals surface area contributed by atoms with Gasteiger partial charge in [-0.3, -0.25) is 14.9 Å². The molecule has 5 nitrogen and oxygen atoms in total. The SMILES string of the molecule is CC(=O)SCCC#Cc1cc(C)cc([N+](=O)[O-])c1N. The highest BCUT2D eigenvalue weighted by atomic mass is 32.2. The van der Waals surface area contributed by atoms with Crippen LogP contribution in [0.4, 0.5) is 11.4 Å². The summed E-state index contributed by atoms with van der Waals surface area (Å²) in [5.41, 5.74) is 6.87. The van der Waals surface area contributed by atoms with Gasteiger partial charge in [0.2, 0.25) is 0 Å². The van der Waals surface area contributed by atoms with Crippen LogP contribution in [0.15, 0.2) is 12.1 Å². The van der Waals surface area contributed by atoms with Gasteiger partial charge in [0.05, 0.1) is 10.5 Å². The number of rotatable bonds is 3. The van der Waals surface area contributed by atoms with E-state index in [2.05, 4.69) is 11.8 Å². The molecule has 0 bridgehead atoms. The summed E-state index contributed by atoms with van der Waals surface area (Å²) in [7, 11) is 0. The van der Waals surface area contributed by atoms with Crippen LogP contribution in [0, 0.1) is 28.9 Å². The van der Waals surface area contributed by atoms with Gasteiger partial charge < -0.3 is 5.73 Å². The third kappa shape index (κ3) is 4.64. The van der Waals surface area contributed by atoms with Crippen molar-refractivity contribution in [1.82, 2.24) is 0 Å². The minimum atomic E-state index is -0.515. The summed E-state index contributed by atoms with van der Waals surface area (Å²) < 4.78 is 0. The third-order valence-corrected chi connectivity index (χ3v) is 3.07. The number of nitrogens with zero attached hydrogens (tertiary/aromatic N) is 1. The molecule has 0 aliphatic heterocycles. The fraction of sp³-hybridized carbons (Fsp3) is 0.308. The number of aryl methyl sites for hydroxylation is 1. The van der Waals surface area contributed by atoms with Crippen molar-refractivity contribution in [2.24, 2.45) is 0 Å². The van der Waals surface area contributed by atoms with Gasteiger partial charge in [-0.15, -0.1) is 0 Å². The molecule has 0 saturated carbocycles. The summed E-state index contributed by atoms with van der Waals surface area (Å²) in [5, 5.41) is 10.9. The Hall–Kier alpha value is -2.00. The molecule has 1 rings (SSSR count). The highest BCUT2D eigenvalue weighted by Gasteiger charge is 2.14. The Balaban J connectivity index is 2.87. The molecule has 2 N–H and O–H groups in total. The van der Waals surface area contributed by atoms with E-state index in [9.17, 15) is 14.9 Å². The van der Waals surface area contributed by atoms with E-state index in [0.29, 0.717) is 17.7 Å². The molecule has 0 aliphatic carbocycles. The first-order valence-electron chi connectivity index (χ1n) is 5.58. The van der Waals surface area contributed by atoms with Crippen LogP contribution in [0.5, 0.6) is 0 Å².